The Morgan fingerprint density at radius 1 is 1.29 bits per heavy atom. The number of hydrogen-bond donors (Lipinski definition) is 3. The molecule has 4 heteroatoms. The maximum absolute atomic E-state index is 11.5. The van der Waals surface area contributed by atoms with E-state index in [2.05, 4.69) is 24.7 Å². The molecule has 0 aromatic heterocycles. The van der Waals surface area contributed by atoms with Crippen LogP contribution in [0.4, 0.5) is 0 Å². The maximum atomic E-state index is 11.5. The van der Waals surface area contributed by atoms with Crippen LogP contribution in [0.1, 0.15) is 31.0 Å². The molecule has 1 atom stereocenters. The van der Waals surface area contributed by atoms with E-state index in [4.69, 9.17) is 5.73 Å². The first-order chi connectivity index (χ1) is 8.04. The number of nitrogens with one attached hydrogen (secondary N) is 2. The summed E-state index contributed by atoms with van der Waals surface area (Å²) < 4.78 is 0. The summed E-state index contributed by atoms with van der Waals surface area (Å²) in [6, 6.07) is 7.26. The lowest BCUT2D eigenvalue weighted by molar-refractivity contribution is -0.123. The third kappa shape index (κ3) is 4.17. The van der Waals surface area contributed by atoms with Gasteiger partial charge >= 0.3 is 0 Å². The fourth-order valence-corrected chi connectivity index (χ4v) is 1.68. The van der Waals surface area contributed by atoms with E-state index in [1.165, 1.54) is 5.56 Å². The van der Waals surface area contributed by atoms with Gasteiger partial charge in [-0.1, -0.05) is 38.1 Å². The lowest BCUT2D eigenvalue weighted by Gasteiger charge is -2.12. The number of benzene rings is 1. The predicted octanol–water partition coefficient (Wildman–Crippen LogP) is 1.14. The minimum atomic E-state index is -0.629. The molecule has 0 aliphatic heterocycles. The average Bonchev–Trinajstić information content (AvgIpc) is 2.28. The standard InChI is InChI=1S/C13H21N3O/c1-9(2)8-10-4-6-11(7-5-10)12(14)13(17)16-15-3/h4-7,9,12,15H,8,14H2,1-3H3,(H,16,17). The number of amides is 1. The van der Waals surface area contributed by atoms with Crippen LogP contribution in [0.25, 0.3) is 0 Å². The van der Waals surface area contributed by atoms with E-state index in [9.17, 15) is 4.79 Å². The number of carbonyl (C=O) groups is 1. The van der Waals surface area contributed by atoms with Crippen LogP contribution in [-0.2, 0) is 11.2 Å². The van der Waals surface area contributed by atoms with Gasteiger partial charge in [0.05, 0.1) is 0 Å². The molecule has 0 heterocycles. The van der Waals surface area contributed by atoms with Crippen LogP contribution in [0, 0.1) is 5.92 Å². The number of nitrogens with two attached hydrogens (primary N) is 1. The van der Waals surface area contributed by atoms with Crippen molar-refractivity contribution in [3.8, 4) is 0 Å². The normalized spacial score (nSPS) is 12.5. The molecule has 0 fully saturated rings. The van der Waals surface area contributed by atoms with Crippen LogP contribution < -0.4 is 16.6 Å². The molecule has 0 aliphatic rings. The van der Waals surface area contributed by atoms with Crippen molar-refractivity contribution in [2.24, 2.45) is 11.7 Å². The van der Waals surface area contributed by atoms with Gasteiger partial charge in [-0.25, -0.2) is 5.43 Å². The molecule has 4 nitrogen and oxygen atoms in total. The molecular formula is C13H21N3O. The summed E-state index contributed by atoms with van der Waals surface area (Å²) in [6.45, 7) is 4.36. The van der Waals surface area contributed by atoms with Gasteiger partial charge in [-0.3, -0.25) is 10.2 Å². The minimum absolute atomic E-state index is 0.232. The first-order valence-electron chi connectivity index (χ1n) is 5.85. The smallest absolute Gasteiger partial charge is 0.255 e. The van der Waals surface area contributed by atoms with Crippen LogP contribution in [-0.4, -0.2) is 13.0 Å². The Morgan fingerprint density at radius 3 is 2.35 bits per heavy atom. The minimum Gasteiger partial charge on any atom is -0.316 e. The Hall–Kier alpha value is -1.39. The largest absolute Gasteiger partial charge is 0.316 e. The van der Waals surface area contributed by atoms with Gasteiger partial charge in [0.15, 0.2) is 0 Å². The van der Waals surface area contributed by atoms with Gasteiger partial charge in [-0.2, -0.15) is 0 Å². The molecule has 1 aromatic carbocycles. The summed E-state index contributed by atoms with van der Waals surface area (Å²) in [7, 11) is 1.64. The van der Waals surface area contributed by atoms with Gasteiger partial charge in [0.1, 0.15) is 6.04 Å². The van der Waals surface area contributed by atoms with Crippen molar-refractivity contribution in [1.82, 2.24) is 10.9 Å². The Morgan fingerprint density at radius 2 is 1.88 bits per heavy atom. The Balaban J connectivity index is 2.70. The van der Waals surface area contributed by atoms with E-state index in [1.807, 2.05) is 24.3 Å². The highest BCUT2D eigenvalue weighted by Crippen LogP contribution is 2.14. The fraction of sp³-hybridized carbons (Fsp3) is 0.462. The number of hydrogen-bond acceptors (Lipinski definition) is 3. The zero-order valence-corrected chi connectivity index (χ0v) is 10.7. The summed E-state index contributed by atoms with van der Waals surface area (Å²) in [5.74, 6) is 0.395. The molecule has 1 rings (SSSR count). The van der Waals surface area contributed by atoms with Crippen molar-refractivity contribution in [2.75, 3.05) is 7.05 Å². The second kappa shape index (κ2) is 6.37. The monoisotopic (exact) mass is 235 g/mol. The average molecular weight is 235 g/mol. The van der Waals surface area contributed by atoms with E-state index in [-0.39, 0.29) is 5.91 Å². The zero-order valence-electron chi connectivity index (χ0n) is 10.7. The van der Waals surface area contributed by atoms with E-state index < -0.39 is 6.04 Å². The number of hydrazine groups is 1. The summed E-state index contributed by atoms with van der Waals surface area (Å²) in [6.07, 6.45) is 1.04. The topological polar surface area (TPSA) is 67.1 Å². The van der Waals surface area contributed by atoms with Crippen molar-refractivity contribution in [1.29, 1.82) is 0 Å². The van der Waals surface area contributed by atoms with Crippen molar-refractivity contribution in [2.45, 2.75) is 26.3 Å². The second-order valence-corrected chi connectivity index (χ2v) is 4.56. The highest BCUT2D eigenvalue weighted by molar-refractivity contribution is 5.82. The first-order valence-corrected chi connectivity index (χ1v) is 5.85. The van der Waals surface area contributed by atoms with Gasteiger partial charge in [0.25, 0.3) is 5.91 Å². The lowest BCUT2D eigenvalue weighted by atomic mass is 9.99. The lowest BCUT2D eigenvalue weighted by Crippen LogP contribution is -2.40. The molecule has 4 N–H and O–H groups in total. The third-order valence-electron chi connectivity index (χ3n) is 2.51. The van der Waals surface area contributed by atoms with Gasteiger partial charge in [-0.15, -0.1) is 0 Å². The molecule has 0 bridgehead atoms. The SMILES string of the molecule is CNNC(=O)C(N)c1ccc(CC(C)C)cc1. The molecule has 1 amide bonds. The van der Waals surface area contributed by atoms with Crippen LogP contribution in [0.5, 0.6) is 0 Å². The molecular weight excluding hydrogens is 214 g/mol. The van der Waals surface area contributed by atoms with Gasteiger partial charge < -0.3 is 5.73 Å². The Labute approximate surface area is 103 Å². The molecule has 94 valence electrons. The predicted molar refractivity (Wildman–Crippen MR) is 69.1 cm³/mol. The summed E-state index contributed by atoms with van der Waals surface area (Å²) in [5, 5.41) is 0. The van der Waals surface area contributed by atoms with E-state index in [1.54, 1.807) is 7.05 Å². The van der Waals surface area contributed by atoms with E-state index in [0.717, 1.165) is 12.0 Å². The van der Waals surface area contributed by atoms with Gasteiger partial charge in [0, 0.05) is 7.05 Å². The molecule has 0 saturated carbocycles. The van der Waals surface area contributed by atoms with Crippen molar-refractivity contribution >= 4 is 5.91 Å². The molecule has 0 radical (unpaired) electrons. The Kier molecular flexibility index (Phi) is 5.12. The zero-order chi connectivity index (χ0) is 12.8. The van der Waals surface area contributed by atoms with Crippen molar-refractivity contribution in [3.63, 3.8) is 0 Å². The summed E-state index contributed by atoms with van der Waals surface area (Å²) in [5.41, 5.74) is 13.0. The quantitative estimate of drug-likeness (QED) is 0.670. The van der Waals surface area contributed by atoms with Crippen LogP contribution in [0.15, 0.2) is 24.3 Å². The second-order valence-electron chi connectivity index (χ2n) is 4.56. The highest BCUT2D eigenvalue weighted by atomic mass is 16.2. The van der Waals surface area contributed by atoms with Crippen LogP contribution in [0.3, 0.4) is 0 Å². The molecule has 0 spiro atoms. The van der Waals surface area contributed by atoms with Crippen molar-refractivity contribution in [3.05, 3.63) is 35.4 Å². The van der Waals surface area contributed by atoms with Gasteiger partial charge in [-0.05, 0) is 23.5 Å². The Bertz CT molecular complexity index is 359. The van der Waals surface area contributed by atoms with Crippen molar-refractivity contribution < 1.29 is 4.79 Å². The summed E-state index contributed by atoms with van der Waals surface area (Å²) >= 11 is 0. The fourth-order valence-electron chi connectivity index (χ4n) is 1.68. The molecule has 1 unspecified atom stereocenters. The van der Waals surface area contributed by atoms with E-state index >= 15 is 0 Å². The maximum Gasteiger partial charge on any atom is 0.255 e. The molecule has 0 aliphatic carbocycles. The molecule has 1 aromatic rings. The molecule has 0 saturated heterocycles. The van der Waals surface area contributed by atoms with Crippen LogP contribution in [0.2, 0.25) is 0 Å². The first kappa shape index (κ1) is 13.7. The highest BCUT2D eigenvalue weighted by Gasteiger charge is 2.14. The number of rotatable bonds is 5. The molecule has 17 heavy (non-hydrogen) atoms. The summed E-state index contributed by atoms with van der Waals surface area (Å²) in [4.78, 5) is 11.5. The van der Waals surface area contributed by atoms with E-state index in [0.29, 0.717) is 5.92 Å². The third-order valence-corrected chi connectivity index (χ3v) is 2.51. The van der Waals surface area contributed by atoms with Gasteiger partial charge in [0.2, 0.25) is 0 Å². The number of carbonyl (C=O) groups excluding carboxylic acids is 1. The van der Waals surface area contributed by atoms with Crippen LogP contribution >= 0.6 is 0 Å².